The van der Waals surface area contributed by atoms with Crippen molar-refractivity contribution in [2.45, 2.75) is 13.0 Å². The zero-order valence-corrected chi connectivity index (χ0v) is 13.0. The van der Waals surface area contributed by atoms with Gasteiger partial charge in [-0.05, 0) is 24.2 Å². The molecule has 0 fully saturated rings. The van der Waals surface area contributed by atoms with Gasteiger partial charge in [-0.25, -0.2) is 0 Å². The summed E-state index contributed by atoms with van der Waals surface area (Å²) in [7, 11) is 1.74. The van der Waals surface area contributed by atoms with E-state index < -0.39 is 0 Å². The van der Waals surface area contributed by atoms with Crippen LogP contribution in [-0.4, -0.2) is 45.0 Å². The second-order valence-corrected chi connectivity index (χ2v) is 5.73. The molecule has 4 nitrogen and oxygen atoms in total. The lowest BCUT2D eigenvalue weighted by molar-refractivity contribution is 0.171. The number of rotatable bonds is 8. The van der Waals surface area contributed by atoms with Gasteiger partial charge in [0.2, 0.25) is 0 Å². The van der Waals surface area contributed by atoms with Gasteiger partial charge in [0, 0.05) is 24.7 Å². The molecule has 1 unspecified atom stereocenters. The van der Waals surface area contributed by atoms with Crippen LogP contribution in [0.25, 0.3) is 0 Å². The molecule has 0 spiro atoms. The molecule has 20 heavy (non-hydrogen) atoms. The highest BCUT2D eigenvalue weighted by molar-refractivity contribution is 7.99. The number of hydrogen-bond acceptors (Lipinski definition) is 5. The van der Waals surface area contributed by atoms with Crippen LogP contribution < -0.4 is 14.8 Å². The first-order chi connectivity index (χ1) is 9.85. The first kappa shape index (κ1) is 15.5. The fraction of sp³-hybridized carbons (Fsp3) is 0.600. The molecule has 0 radical (unpaired) electrons. The molecule has 1 aliphatic heterocycles. The summed E-state index contributed by atoms with van der Waals surface area (Å²) in [6.07, 6.45) is 0. The molecule has 1 heterocycles. The van der Waals surface area contributed by atoms with Gasteiger partial charge in [0.25, 0.3) is 0 Å². The van der Waals surface area contributed by atoms with Crippen molar-refractivity contribution in [2.75, 3.05) is 45.0 Å². The van der Waals surface area contributed by atoms with E-state index in [1.165, 1.54) is 5.56 Å². The largest absolute Gasteiger partial charge is 0.486 e. The normalized spacial score (nSPS) is 15.1. The van der Waals surface area contributed by atoms with Crippen molar-refractivity contribution in [3.05, 3.63) is 23.8 Å². The van der Waals surface area contributed by atoms with E-state index in [-0.39, 0.29) is 0 Å². The lowest BCUT2D eigenvalue weighted by Gasteiger charge is -2.22. The van der Waals surface area contributed by atoms with E-state index in [4.69, 9.17) is 14.2 Å². The first-order valence-corrected chi connectivity index (χ1v) is 8.20. The Kier molecular flexibility index (Phi) is 6.50. The van der Waals surface area contributed by atoms with Crippen LogP contribution in [0.2, 0.25) is 0 Å². The maximum Gasteiger partial charge on any atom is 0.161 e. The minimum absolute atomic E-state index is 0.331. The third kappa shape index (κ3) is 4.30. The average molecular weight is 297 g/mol. The van der Waals surface area contributed by atoms with E-state index in [2.05, 4.69) is 24.4 Å². The predicted octanol–water partition coefficient (Wildman–Crippen LogP) is 2.49. The average Bonchev–Trinajstić information content (AvgIpc) is 2.50. The second-order valence-electron chi connectivity index (χ2n) is 4.58. The molecule has 0 aromatic heterocycles. The highest BCUT2D eigenvalue weighted by atomic mass is 32.2. The molecule has 1 atom stereocenters. The van der Waals surface area contributed by atoms with E-state index in [9.17, 15) is 0 Å². The molecule has 112 valence electrons. The van der Waals surface area contributed by atoms with Gasteiger partial charge in [-0.15, -0.1) is 0 Å². The fourth-order valence-corrected chi connectivity index (χ4v) is 3.14. The Labute approximate surface area is 125 Å². The van der Waals surface area contributed by atoms with E-state index in [1.807, 2.05) is 17.8 Å². The van der Waals surface area contributed by atoms with Gasteiger partial charge < -0.3 is 19.5 Å². The van der Waals surface area contributed by atoms with Gasteiger partial charge in [0.15, 0.2) is 11.5 Å². The van der Waals surface area contributed by atoms with Crippen molar-refractivity contribution in [2.24, 2.45) is 0 Å². The van der Waals surface area contributed by atoms with Gasteiger partial charge in [-0.1, -0.05) is 13.0 Å². The lowest BCUT2D eigenvalue weighted by atomic mass is 10.1. The zero-order chi connectivity index (χ0) is 14.2. The predicted molar refractivity (Wildman–Crippen MR) is 83.1 cm³/mol. The Morgan fingerprint density at radius 3 is 2.85 bits per heavy atom. The lowest BCUT2D eigenvalue weighted by Crippen LogP contribution is -2.24. The molecular weight excluding hydrogens is 274 g/mol. The molecule has 0 amide bonds. The number of nitrogens with one attached hydrogen (secondary N) is 1. The van der Waals surface area contributed by atoms with Gasteiger partial charge >= 0.3 is 0 Å². The summed E-state index contributed by atoms with van der Waals surface area (Å²) >= 11 is 1.90. The number of thioether (sulfide) groups is 1. The third-order valence-corrected chi connectivity index (χ3v) is 4.16. The van der Waals surface area contributed by atoms with E-state index in [0.717, 1.165) is 36.2 Å². The van der Waals surface area contributed by atoms with Crippen LogP contribution in [0, 0.1) is 0 Å². The second kappa shape index (κ2) is 8.39. The number of methoxy groups -OCH3 is 1. The summed E-state index contributed by atoms with van der Waals surface area (Å²) in [5.74, 6) is 3.75. The molecular formula is C15H23NO3S. The van der Waals surface area contributed by atoms with Gasteiger partial charge in [-0.2, -0.15) is 11.8 Å². The minimum atomic E-state index is 0.331. The number of fused-ring (bicyclic) bond motifs is 1. The third-order valence-electron chi connectivity index (χ3n) is 3.14. The van der Waals surface area contributed by atoms with Gasteiger partial charge in [0.05, 0.1) is 6.61 Å². The Bertz CT molecular complexity index is 414. The minimum Gasteiger partial charge on any atom is -0.486 e. The quantitative estimate of drug-likeness (QED) is 0.747. The van der Waals surface area contributed by atoms with Crippen LogP contribution in [0.5, 0.6) is 11.5 Å². The van der Waals surface area contributed by atoms with Crippen molar-refractivity contribution in [3.8, 4) is 11.5 Å². The standard InChI is InChI=1S/C15H23NO3S/c1-3-16-13(11-20-9-8-17-2)12-4-5-14-15(10-12)19-7-6-18-14/h4-5,10,13,16H,3,6-9,11H2,1-2H3. The molecule has 0 bridgehead atoms. The number of hydrogen-bond donors (Lipinski definition) is 1. The van der Waals surface area contributed by atoms with Crippen LogP contribution in [0.4, 0.5) is 0 Å². The molecule has 0 saturated carbocycles. The van der Waals surface area contributed by atoms with Crippen molar-refractivity contribution < 1.29 is 14.2 Å². The van der Waals surface area contributed by atoms with Crippen molar-refractivity contribution in [1.29, 1.82) is 0 Å². The van der Waals surface area contributed by atoms with Crippen molar-refractivity contribution >= 4 is 11.8 Å². The summed E-state index contributed by atoms with van der Waals surface area (Å²) in [6, 6.07) is 6.56. The Morgan fingerprint density at radius 2 is 2.10 bits per heavy atom. The summed E-state index contributed by atoms with van der Waals surface area (Å²) in [4.78, 5) is 0. The van der Waals surface area contributed by atoms with Crippen LogP contribution in [0.3, 0.4) is 0 Å². The number of benzene rings is 1. The van der Waals surface area contributed by atoms with E-state index in [1.54, 1.807) is 7.11 Å². The summed E-state index contributed by atoms with van der Waals surface area (Å²) < 4.78 is 16.3. The number of ether oxygens (including phenoxy) is 3. The van der Waals surface area contributed by atoms with Gasteiger partial charge in [0.1, 0.15) is 13.2 Å². The molecule has 1 aromatic carbocycles. The molecule has 1 aromatic rings. The fourth-order valence-electron chi connectivity index (χ4n) is 2.14. The summed E-state index contributed by atoms with van der Waals surface area (Å²) in [5, 5.41) is 3.52. The highest BCUT2D eigenvalue weighted by Gasteiger charge is 2.16. The Balaban J connectivity index is 2.00. The Hall–Kier alpha value is -0.910. The molecule has 0 aliphatic carbocycles. The maximum absolute atomic E-state index is 5.66. The monoisotopic (exact) mass is 297 g/mol. The Morgan fingerprint density at radius 1 is 1.30 bits per heavy atom. The summed E-state index contributed by atoms with van der Waals surface area (Å²) in [6.45, 7) is 5.14. The molecule has 0 saturated heterocycles. The van der Waals surface area contributed by atoms with Crippen LogP contribution in [0.1, 0.15) is 18.5 Å². The van der Waals surface area contributed by atoms with Crippen molar-refractivity contribution in [1.82, 2.24) is 5.32 Å². The van der Waals surface area contributed by atoms with E-state index in [0.29, 0.717) is 19.3 Å². The van der Waals surface area contributed by atoms with Crippen molar-refractivity contribution in [3.63, 3.8) is 0 Å². The topological polar surface area (TPSA) is 39.7 Å². The maximum atomic E-state index is 5.66. The van der Waals surface area contributed by atoms with Gasteiger partial charge in [-0.3, -0.25) is 0 Å². The van der Waals surface area contributed by atoms with Crippen LogP contribution in [0.15, 0.2) is 18.2 Å². The molecule has 2 rings (SSSR count). The first-order valence-electron chi connectivity index (χ1n) is 7.04. The SMILES string of the molecule is CCNC(CSCCOC)c1ccc2c(c1)OCCO2. The highest BCUT2D eigenvalue weighted by Crippen LogP contribution is 2.33. The van der Waals surface area contributed by atoms with E-state index >= 15 is 0 Å². The van der Waals surface area contributed by atoms with Crippen LogP contribution >= 0.6 is 11.8 Å². The molecule has 5 heteroatoms. The summed E-state index contributed by atoms with van der Waals surface area (Å²) in [5.41, 5.74) is 1.25. The molecule has 1 aliphatic rings. The zero-order valence-electron chi connectivity index (χ0n) is 12.2. The van der Waals surface area contributed by atoms with Crippen LogP contribution in [-0.2, 0) is 4.74 Å². The smallest absolute Gasteiger partial charge is 0.161 e. The molecule has 1 N–H and O–H groups in total.